The fourth-order valence-electron chi connectivity index (χ4n) is 4.23. The second-order valence-corrected chi connectivity index (χ2v) is 9.62. The molecular weight excluding hydrogens is 520 g/mol. The lowest BCUT2D eigenvalue weighted by molar-refractivity contribution is -0.113. The lowest BCUT2D eigenvalue weighted by Gasteiger charge is -2.28. The number of hydrogen-bond donors (Lipinski definition) is 2. The third-order valence-electron chi connectivity index (χ3n) is 6.30. The molecule has 36 heavy (non-hydrogen) atoms. The minimum absolute atomic E-state index is 0.213. The molecule has 1 aromatic heterocycles. The number of nitrogens with zero attached hydrogens (tertiary/aromatic N) is 4. The Labute approximate surface area is 217 Å². The van der Waals surface area contributed by atoms with Crippen LogP contribution < -0.4 is 15.4 Å². The largest absolute Gasteiger partial charge is 0.489 e. The zero-order chi connectivity index (χ0) is 25.2. The van der Waals surface area contributed by atoms with Gasteiger partial charge in [-0.05, 0) is 83.8 Å². The summed E-state index contributed by atoms with van der Waals surface area (Å²) >= 11 is 3.49. The summed E-state index contributed by atoms with van der Waals surface area (Å²) in [6, 6.07) is 21.0. The van der Waals surface area contributed by atoms with Gasteiger partial charge in [0.05, 0.1) is 5.57 Å². The number of carbonyl (C=O) groups is 1. The van der Waals surface area contributed by atoms with Crippen LogP contribution in [-0.2, 0) is 11.4 Å². The van der Waals surface area contributed by atoms with Crippen molar-refractivity contribution in [2.75, 3.05) is 10.6 Å². The van der Waals surface area contributed by atoms with Crippen LogP contribution >= 0.6 is 15.9 Å². The number of hydrogen-bond acceptors (Lipinski definition) is 6. The quantitative estimate of drug-likeness (QED) is 0.330. The number of nitrogens with one attached hydrogen (secondary N) is 2. The maximum atomic E-state index is 13.6. The van der Waals surface area contributed by atoms with Gasteiger partial charge >= 0.3 is 0 Å². The summed E-state index contributed by atoms with van der Waals surface area (Å²) in [5.74, 6) is 0.997. The first kappa shape index (κ1) is 23.7. The summed E-state index contributed by atoms with van der Waals surface area (Å²) < 4.78 is 8.61. The van der Waals surface area contributed by atoms with Gasteiger partial charge in [0.1, 0.15) is 18.4 Å². The molecule has 3 aromatic carbocycles. The summed E-state index contributed by atoms with van der Waals surface area (Å²) in [6.45, 7) is 6.33. The van der Waals surface area contributed by atoms with Crippen molar-refractivity contribution in [1.29, 1.82) is 0 Å². The lowest BCUT2D eigenvalue weighted by atomic mass is 9.94. The Morgan fingerprint density at radius 3 is 2.64 bits per heavy atom. The van der Waals surface area contributed by atoms with Gasteiger partial charge in [0.2, 0.25) is 5.95 Å². The molecule has 182 valence electrons. The maximum Gasteiger partial charge on any atom is 0.255 e. The summed E-state index contributed by atoms with van der Waals surface area (Å²) in [4.78, 5) is 13.6. The van der Waals surface area contributed by atoms with Crippen LogP contribution in [0.1, 0.15) is 35.2 Å². The predicted octanol–water partition coefficient (Wildman–Crippen LogP) is 5.56. The molecule has 1 aliphatic rings. The van der Waals surface area contributed by atoms with Crippen LogP contribution in [0.15, 0.2) is 82.5 Å². The van der Waals surface area contributed by atoms with Gasteiger partial charge in [-0.2, -0.15) is 4.68 Å². The Morgan fingerprint density at radius 1 is 1.08 bits per heavy atom. The van der Waals surface area contributed by atoms with Crippen LogP contribution in [-0.4, -0.2) is 26.1 Å². The van der Waals surface area contributed by atoms with Gasteiger partial charge in [0.25, 0.3) is 5.91 Å². The van der Waals surface area contributed by atoms with Crippen molar-refractivity contribution in [2.45, 2.75) is 33.4 Å². The van der Waals surface area contributed by atoms with Gasteiger partial charge in [-0.25, -0.2) is 0 Å². The molecule has 0 saturated carbocycles. The highest BCUT2D eigenvalue weighted by Gasteiger charge is 2.34. The van der Waals surface area contributed by atoms with E-state index in [0.717, 1.165) is 38.2 Å². The van der Waals surface area contributed by atoms with E-state index in [1.807, 2.05) is 87.5 Å². The van der Waals surface area contributed by atoms with Crippen LogP contribution in [0.2, 0.25) is 0 Å². The number of fused-ring (bicyclic) bond motifs is 1. The molecule has 0 saturated heterocycles. The number of allylic oxidation sites excluding steroid dienone is 1. The number of aromatic nitrogens is 4. The van der Waals surface area contributed by atoms with Crippen molar-refractivity contribution in [3.05, 3.63) is 105 Å². The number of carbonyl (C=O) groups excluding carboxylic acids is 1. The number of rotatable bonds is 6. The standard InChI is InChI=1S/C27H25BrN6O2/c1-16-6-4-9-23(17(16)2)30-26(35)24-18(3)29-27-31-32-33-34(27)25(24)20-10-12-22(13-11-20)36-15-19-7-5-8-21(28)14-19/h4-14,25H,15H2,1-3H3,(H,30,35)(H,29,31,33). The number of ether oxygens (including phenoxy) is 1. The van der Waals surface area contributed by atoms with E-state index in [4.69, 9.17) is 4.74 Å². The van der Waals surface area contributed by atoms with Crippen LogP contribution in [0.5, 0.6) is 5.75 Å². The highest BCUT2D eigenvalue weighted by Crippen LogP contribution is 2.36. The molecule has 4 aromatic rings. The van der Waals surface area contributed by atoms with E-state index in [-0.39, 0.29) is 5.91 Å². The lowest BCUT2D eigenvalue weighted by Crippen LogP contribution is -2.31. The minimum Gasteiger partial charge on any atom is -0.489 e. The Kier molecular flexibility index (Phi) is 6.56. The van der Waals surface area contributed by atoms with E-state index in [1.165, 1.54) is 0 Å². The van der Waals surface area contributed by atoms with Gasteiger partial charge in [-0.15, -0.1) is 0 Å². The zero-order valence-corrected chi connectivity index (χ0v) is 21.7. The number of amides is 1. The van der Waals surface area contributed by atoms with Gasteiger partial charge in [0, 0.05) is 15.9 Å². The molecule has 5 rings (SSSR count). The van der Waals surface area contributed by atoms with Gasteiger partial charge in [-0.3, -0.25) is 4.79 Å². The van der Waals surface area contributed by atoms with E-state index in [2.05, 4.69) is 42.1 Å². The van der Waals surface area contributed by atoms with Gasteiger partial charge in [-0.1, -0.05) is 57.4 Å². The second-order valence-electron chi connectivity index (χ2n) is 8.70. The third-order valence-corrected chi connectivity index (χ3v) is 6.80. The highest BCUT2D eigenvalue weighted by molar-refractivity contribution is 9.10. The van der Waals surface area contributed by atoms with E-state index >= 15 is 0 Å². The third kappa shape index (κ3) is 4.74. The molecular formula is C27H25BrN6O2. The minimum atomic E-state index is -0.500. The normalized spacial score (nSPS) is 14.7. The molecule has 0 spiro atoms. The molecule has 1 aliphatic heterocycles. The Morgan fingerprint density at radius 2 is 1.86 bits per heavy atom. The van der Waals surface area contributed by atoms with E-state index in [0.29, 0.717) is 23.8 Å². The fraction of sp³-hybridized carbons (Fsp3) is 0.185. The first-order valence-electron chi connectivity index (χ1n) is 11.5. The fourth-order valence-corrected chi connectivity index (χ4v) is 4.68. The van der Waals surface area contributed by atoms with E-state index in [1.54, 1.807) is 4.68 Å². The summed E-state index contributed by atoms with van der Waals surface area (Å²) in [5, 5.41) is 18.3. The van der Waals surface area contributed by atoms with Crippen molar-refractivity contribution < 1.29 is 9.53 Å². The molecule has 8 nitrogen and oxygen atoms in total. The number of anilines is 2. The molecule has 2 N–H and O–H groups in total. The molecule has 0 aliphatic carbocycles. The summed E-state index contributed by atoms with van der Waals surface area (Å²) in [6.07, 6.45) is 0. The first-order chi connectivity index (χ1) is 17.4. The smallest absolute Gasteiger partial charge is 0.255 e. The number of aryl methyl sites for hydroxylation is 1. The monoisotopic (exact) mass is 544 g/mol. The van der Waals surface area contributed by atoms with Crippen molar-refractivity contribution in [2.24, 2.45) is 0 Å². The zero-order valence-electron chi connectivity index (χ0n) is 20.1. The number of benzene rings is 3. The predicted molar refractivity (Wildman–Crippen MR) is 142 cm³/mol. The SMILES string of the molecule is CC1=C(C(=O)Nc2cccc(C)c2C)C(c2ccc(OCc3cccc(Br)c3)cc2)n2nnnc2N1. The molecule has 2 heterocycles. The van der Waals surface area contributed by atoms with Crippen molar-refractivity contribution in [3.63, 3.8) is 0 Å². The molecule has 1 amide bonds. The highest BCUT2D eigenvalue weighted by atomic mass is 79.9. The average Bonchev–Trinajstić information content (AvgIpc) is 3.33. The second kappa shape index (κ2) is 9.94. The molecule has 0 radical (unpaired) electrons. The first-order valence-corrected chi connectivity index (χ1v) is 12.3. The Bertz CT molecular complexity index is 1460. The topological polar surface area (TPSA) is 94.0 Å². The van der Waals surface area contributed by atoms with Crippen LogP contribution in [0.4, 0.5) is 11.6 Å². The van der Waals surface area contributed by atoms with Crippen LogP contribution in [0, 0.1) is 13.8 Å². The summed E-state index contributed by atoms with van der Waals surface area (Å²) in [5.41, 5.74) is 6.08. The molecule has 0 fully saturated rings. The molecule has 9 heteroatoms. The molecule has 1 unspecified atom stereocenters. The van der Waals surface area contributed by atoms with Crippen molar-refractivity contribution in [1.82, 2.24) is 20.2 Å². The van der Waals surface area contributed by atoms with Crippen molar-refractivity contribution in [3.8, 4) is 5.75 Å². The van der Waals surface area contributed by atoms with Gasteiger partial charge in [0.15, 0.2) is 0 Å². The van der Waals surface area contributed by atoms with Crippen LogP contribution in [0.3, 0.4) is 0 Å². The average molecular weight is 545 g/mol. The van der Waals surface area contributed by atoms with E-state index in [9.17, 15) is 4.79 Å². The maximum absolute atomic E-state index is 13.6. The molecule has 0 bridgehead atoms. The Balaban J connectivity index is 1.42. The van der Waals surface area contributed by atoms with Crippen LogP contribution in [0.25, 0.3) is 0 Å². The van der Waals surface area contributed by atoms with Gasteiger partial charge < -0.3 is 15.4 Å². The number of tetrazole rings is 1. The van der Waals surface area contributed by atoms with Crippen molar-refractivity contribution >= 4 is 33.5 Å². The van der Waals surface area contributed by atoms with E-state index < -0.39 is 6.04 Å². The molecule has 1 atom stereocenters. The summed E-state index contributed by atoms with van der Waals surface area (Å²) in [7, 11) is 0. The number of halogens is 1. The Hall–Kier alpha value is -3.98.